The Morgan fingerprint density at radius 1 is 1.40 bits per heavy atom. The lowest BCUT2D eigenvalue weighted by Gasteiger charge is -2.17. The summed E-state index contributed by atoms with van der Waals surface area (Å²) >= 11 is 12.4. The molecule has 0 amide bonds. The van der Waals surface area contributed by atoms with Gasteiger partial charge in [-0.3, -0.25) is 4.68 Å². The van der Waals surface area contributed by atoms with Crippen LogP contribution in [-0.2, 0) is 11.3 Å². The van der Waals surface area contributed by atoms with Crippen LogP contribution in [0.1, 0.15) is 16.6 Å². The molecule has 8 heteroatoms. The van der Waals surface area contributed by atoms with Crippen molar-refractivity contribution in [2.45, 2.75) is 12.6 Å². The second-order valence-electron chi connectivity index (χ2n) is 4.09. The lowest BCUT2D eigenvalue weighted by molar-refractivity contribution is 0.182. The molecule has 0 radical (unpaired) electrons. The van der Waals surface area contributed by atoms with Gasteiger partial charge in [0.05, 0.1) is 39.3 Å². The van der Waals surface area contributed by atoms with Crippen LogP contribution in [0.4, 0.5) is 0 Å². The monoisotopic (exact) mass is 485 g/mol. The number of halogens is 3. The first kappa shape index (κ1) is 16.6. The maximum atomic E-state index is 5.14. The normalized spacial score (nSPS) is 12.8. The summed E-state index contributed by atoms with van der Waals surface area (Å²) in [6.07, 6.45) is 1.83. The van der Waals surface area contributed by atoms with Gasteiger partial charge in [0.2, 0.25) is 0 Å². The van der Waals surface area contributed by atoms with Gasteiger partial charge in [0.15, 0.2) is 0 Å². The molecule has 0 saturated carbocycles. The van der Waals surface area contributed by atoms with Crippen LogP contribution in [0.3, 0.4) is 0 Å². The van der Waals surface area contributed by atoms with Crippen molar-refractivity contribution in [2.24, 2.45) is 0 Å². The first-order valence-corrected chi connectivity index (χ1v) is 9.10. The van der Waals surface area contributed by atoms with Crippen LogP contribution in [0.15, 0.2) is 25.0 Å². The first-order valence-electron chi connectivity index (χ1n) is 5.90. The molecule has 1 N–H and O–H groups in total. The third kappa shape index (κ3) is 3.53. The molecule has 0 fully saturated rings. The number of nitrogens with one attached hydrogen (secondary N) is 1. The van der Waals surface area contributed by atoms with Crippen LogP contribution >= 0.6 is 59.1 Å². The second kappa shape index (κ2) is 7.51. The van der Waals surface area contributed by atoms with Gasteiger partial charge in [-0.2, -0.15) is 5.10 Å². The molecule has 0 aliphatic rings. The van der Waals surface area contributed by atoms with Crippen LogP contribution < -0.4 is 5.32 Å². The highest BCUT2D eigenvalue weighted by atomic mass is 79.9. The van der Waals surface area contributed by atoms with Crippen molar-refractivity contribution in [3.8, 4) is 0 Å². The highest BCUT2D eigenvalue weighted by Crippen LogP contribution is 2.39. The summed E-state index contributed by atoms with van der Waals surface area (Å²) in [5, 5.41) is 7.76. The van der Waals surface area contributed by atoms with E-state index in [1.54, 1.807) is 18.4 Å². The fourth-order valence-corrected chi connectivity index (χ4v) is 4.66. The molecule has 20 heavy (non-hydrogen) atoms. The van der Waals surface area contributed by atoms with Crippen molar-refractivity contribution in [2.75, 3.05) is 20.8 Å². The predicted molar refractivity (Wildman–Crippen MR) is 92.4 cm³/mol. The van der Waals surface area contributed by atoms with E-state index in [0.717, 1.165) is 25.0 Å². The number of nitrogens with zero attached hydrogens (tertiary/aromatic N) is 2. The molecule has 0 aromatic carbocycles. The summed E-state index contributed by atoms with van der Waals surface area (Å²) < 4.78 is 10.3. The van der Waals surface area contributed by atoms with Crippen LogP contribution in [0.25, 0.3) is 0 Å². The van der Waals surface area contributed by atoms with Crippen LogP contribution in [0.2, 0.25) is 0 Å². The Morgan fingerprint density at radius 2 is 2.15 bits per heavy atom. The summed E-state index contributed by atoms with van der Waals surface area (Å²) in [6.45, 7) is 1.36. The summed E-state index contributed by atoms with van der Waals surface area (Å²) in [4.78, 5) is 1.21. The molecule has 2 aromatic rings. The average Bonchev–Trinajstić information content (AvgIpc) is 2.94. The molecular formula is C12H14Br3N3OS. The molecule has 4 nitrogen and oxygen atoms in total. The largest absolute Gasteiger partial charge is 0.383 e. The smallest absolute Gasteiger partial charge is 0.0851 e. The van der Waals surface area contributed by atoms with Gasteiger partial charge in [-0.1, -0.05) is 0 Å². The Bertz CT molecular complexity index is 565. The molecule has 1 unspecified atom stereocenters. The second-order valence-corrected chi connectivity index (χ2v) is 8.20. The van der Waals surface area contributed by atoms with E-state index in [-0.39, 0.29) is 6.04 Å². The van der Waals surface area contributed by atoms with E-state index in [9.17, 15) is 0 Å². The zero-order chi connectivity index (χ0) is 14.7. The number of rotatable bonds is 6. The molecular weight excluding hydrogens is 474 g/mol. The molecule has 0 aliphatic heterocycles. The fourth-order valence-electron chi connectivity index (χ4n) is 1.93. The Kier molecular flexibility index (Phi) is 6.25. The van der Waals surface area contributed by atoms with Gasteiger partial charge in [-0.15, -0.1) is 11.3 Å². The van der Waals surface area contributed by atoms with E-state index in [4.69, 9.17) is 4.74 Å². The lowest BCUT2D eigenvalue weighted by Crippen LogP contribution is -2.22. The van der Waals surface area contributed by atoms with Crippen molar-refractivity contribution >= 4 is 59.1 Å². The topological polar surface area (TPSA) is 39.1 Å². The third-order valence-electron chi connectivity index (χ3n) is 2.85. The maximum Gasteiger partial charge on any atom is 0.0851 e. The van der Waals surface area contributed by atoms with Gasteiger partial charge in [-0.05, 0) is 60.9 Å². The minimum Gasteiger partial charge on any atom is -0.383 e. The summed E-state index contributed by atoms with van der Waals surface area (Å²) in [5.41, 5.74) is 1.10. The van der Waals surface area contributed by atoms with Crippen LogP contribution in [0.5, 0.6) is 0 Å². The van der Waals surface area contributed by atoms with Gasteiger partial charge in [0, 0.05) is 16.5 Å². The fraction of sp³-hybridized carbons (Fsp3) is 0.417. The van der Waals surface area contributed by atoms with E-state index < -0.39 is 0 Å². The minimum absolute atomic E-state index is 0.0799. The summed E-state index contributed by atoms with van der Waals surface area (Å²) in [7, 11) is 3.65. The SMILES string of the molecule is CNC(c1cc(Br)c(Br)s1)c1c(Br)cnn1CCOC. The van der Waals surface area contributed by atoms with Gasteiger partial charge in [0.1, 0.15) is 0 Å². The Balaban J connectivity index is 2.38. The van der Waals surface area contributed by atoms with E-state index in [1.807, 2.05) is 17.9 Å². The molecule has 2 heterocycles. The van der Waals surface area contributed by atoms with Crippen molar-refractivity contribution in [1.29, 1.82) is 0 Å². The third-order valence-corrected chi connectivity index (χ3v) is 6.78. The quantitative estimate of drug-likeness (QED) is 0.664. The molecule has 110 valence electrons. The molecule has 0 saturated heterocycles. The van der Waals surface area contributed by atoms with Crippen molar-refractivity contribution in [3.63, 3.8) is 0 Å². The van der Waals surface area contributed by atoms with Crippen molar-refractivity contribution in [3.05, 3.63) is 35.6 Å². The highest BCUT2D eigenvalue weighted by molar-refractivity contribution is 9.13. The minimum atomic E-state index is 0.0799. The number of aromatic nitrogens is 2. The Labute approximate surface area is 147 Å². The number of methoxy groups -OCH3 is 1. The molecule has 0 spiro atoms. The molecule has 2 aromatic heterocycles. The van der Waals surface area contributed by atoms with Crippen LogP contribution in [0, 0.1) is 0 Å². The predicted octanol–water partition coefficient (Wildman–Crippen LogP) is 4.19. The van der Waals surface area contributed by atoms with Gasteiger partial charge < -0.3 is 10.1 Å². The zero-order valence-corrected chi connectivity index (χ0v) is 16.6. The van der Waals surface area contributed by atoms with E-state index >= 15 is 0 Å². The number of thiophene rings is 1. The zero-order valence-electron chi connectivity index (χ0n) is 11.0. The number of hydrogen-bond acceptors (Lipinski definition) is 4. The van der Waals surface area contributed by atoms with Gasteiger partial charge in [0.25, 0.3) is 0 Å². The number of ether oxygens (including phenoxy) is 1. The van der Waals surface area contributed by atoms with Crippen LogP contribution in [-0.4, -0.2) is 30.5 Å². The molecule has 1 atom stereocenters. The molecule has 2 rings (SSSR count). The maximum absolute atomic E-state index is 5.14. The van der Waals surface area contributed by atoms with Crippen molar-refractivity contribution in [1.82, 2.24) is 15.1 Å². The summed E-state index contributed by atoms with van der Waals surface area (Å²) in [6, 6.07) is 2.20. The van der Waals surface area contributed by atoms with Gasteiger partial charge >= 0.3 is 0 Å². The highest BCUT2D eigenvalue weighted by Gasteiger charge is 2.23. The first-order chi connectivity index (χ1) is 9.58. The van der Waals surface area contributed by atoms with E-state index in [1.165, 1.54) is 4.88 Å². The summed E-state index contributed by atoms with van der Waals surface area (Å²) in [5.74, 6) is 0. The molecule has 0 aliphatic carbocycles. The van der Waals surface area contributed by atoms with Gasteiger partial charge in [-0.25, -0.2) is 0 Å². The Morgan fingerprint density at radius 3 is 2.70 bits per heavy atom. The van der Waals surface area contributed by atoms with E-state index in [2.05, 4.69) is 64.3 Å². The standard InChI is InChI=1S/C12H14Br3N3OS/c1-16-10(9-5-7(13)12(15)20-9)11-8(14)6-17-18(11)3-4-19-2/h5-6,10,16H,3-4H2,1-2H3. The average molecular weight is 488 g/mol. The van der Waals surface area contributed by atoms with Crippen molar-refractivity contribution < 1.29 is 4.74 Å². The molecule has 0 bridgehead atoms. The number of hydrogen-bond donors (Lipinski definition) is 1. The Hall–Kier alpha value is 0.270. The lowest BCUT2D eigenvalue weighted by atomic mass is 10.1. The van der Waals surface area contributed by atoms with E-state index in [0.29, 0.717) is 6.61 Å².